The van der Waals surface area contributed by atoms with Crippen LogP contribution in [0.25, 0.3) is 0 Å². The van der Waals surface area contributed by atoms with Gasteiger partial charge in [-0.3, -0.25) is 0 Å². The van der Waals surface area contributed by atoms with Crippen molar-refractivity contribution in [3.05, 3.63) is 65.2 Å². The molecule has 24 heavy (non-hydrogen) atoms. The first-order valence-corrected chi connectivity index (χ1v) is 10.4. The van der Waals surface area contributed by atoms with Gasteiger partial charge in [-0.2, -0.15) is 0 Å². The Morgan fingerprint density at radius 2 is 1.67 bits per heavy atom. The smallest absolute Gasteiger partial charge is 0.175 e. The van der Waals surface area contributed by atoms with Gasteiger partial charge in [0.25, 0.3) is 0 Å². The van der Waals surface area contributed by atoms with E-state index in [0.29, 0.717) is 16.9 Å². The van der Waals surface area contributed by atoms with E-state index in [0.717, 1.165) is 5.56 Å². The molecule has 1 aliphatic carbocycles. The fourth-order valence-corrected chi connectivity index (χ4v) is 3.84. The van der Waals surface area contributed by atoms with E-state index in [-0.39, 0.29) is 6.04 Å². The molecule has 1 aliphatic rings. The number of aryl methyl sites for hydroxylation is 1. The second-order valence-electron chi connectivity index (χ2n) is 6.90. The summed E-state index contributed by atoms with van der Waals surface area (Å²) >= 11 is 0. The molecule has 0 heterocycles. The van der Waals surface area contributed by atoms with E-state index in [4.69, 9.17) is 0 Å². The van der Waals surface area contributed by atoms with Gasteiger partial charge in [0.15, 0.2) is 9.84 Å². The third-order valence-electron chi connectivity index (χ3n) is 4.85. The molecule has 1 N–H and O–H groups in total. The highest BCUT2D eigenvalue weighted by Crippen LogP contribution is 2.43. The third kappa shape index (κ3) is 3.87. The summed E-state index contributed by atoms with van der Waals surface area (Å²) < 4.78 is 23.2. The quantitative estimate of drug-likeness (QED) is 0.855. The van der Waals surface area contributed by atoms with Crippen molar-refractivity contribution in [2.45, 2.75) is 43.7 Å². The highest BCUT2D eigenvalue weighted by atomic mass is 32.2. The number of nitrogens with one attached hydrogen (secondary N) is 1. The number of hydrogen-bond donors (Lipinski definition) is 1. The van der Waals surface area contributed by atoms with Gasteiger partial charge in [-0.25, -0.2) is 8.42 Å². The maximum Gasteiger partial charge on any atom is 0.175 e. The first-order chi connectivity index (χ1) is 11.4. The highest BCUT2D eigenvalue weighted by molar-refractivity contribution is 7.90. The largest absolute Gasteiger partial charge is 0.303 e. The maximum absolute atomic E-state index is 11.6. The van der Waals surface area contributed by atoms with E-state index in [9.17, 15) is 8.42 Å². The average molecular weight is 343 g/mol. The predicted molar refractivity (Wildman–Crippen MR) is 97.7 cm³/mol. The van der Waals surface area contributed by atoms with Crippen molar-refractivity contribution >= 4 is 9.84 Å². The van der Waals surface area contributed by atoms with Crippen molar-refractivity contribution < 1.29 is 8.42 Å². The third-order valence-corrected chi connectivity index (χ3v) is 5.98. The average Bonchev–Trinajstić information content (AvgIpc) is 3.37. The molecule has 0 spiro atoms. The first kappa shape index (κ1) is 17.2. The highest BCUT2D eigenvalue weighted by Gasteiger charge is 2.33. The number of hydrogen-bond acceptors (Lipinski definition) is 3. The van der Waals surface area contributed by atoms with E-state index >= 15 is 0 Å². The van der Waals surface area contributed by atoms with Gasteiger partial charge in [0.1, 0.15) is 0 Å². The summed E-state index contributed by atoms with van der Waals surface area (Å²) in [5.74, 6) is 0.698. The normalized spacial score (nSPS) is 17.5. The van der Waals surface area contributed by atoms with E-state index in [1.807, 2.05) is 12.1 Å². The fourth-order valence-electron chi connectivity index (χ4n) is 3.21. The van der Waals surface area contributed by atoms with Gasteiger partial charge < -0.3 is 5.32 Å². The molecule has 1 saturated carbocycles. The molecule has 3 nitrogen and oxygen atoms in total. The van der Waals surface area contributed by atoms with Crippen molar-refractivity contribution in [2.24, 2.45) is 5.92 Å². The van der Waals surface area contributed by atoms with Crippen LogP contribution in [0.15, 0.2) is 53.4 Å². The molecule has 0 bridgehead atoms. The van der Waals surface area contributed by atoms with Crippen LogP contribution in [0.1, 0.15) is 48.5 Å². The second kappa shape index (κ2) is 6.69. The van der Waals surface area contributed by atoms with Crippen LogP contribution < -0.4 is 5.32 Å². The molecule has 2 aromatic carbocycles. The Kier molecular flexibility index (Phi) is 4.79. The van der Waals surface area contributed by atoms with Gasteiger partial charge in [0.2, 0.25) is 0 Å². The monoisotopic (exact) mass is 343 g/mol. The lowest BCUT2D eigenvalue weighted by molar-refractivity contribution is 0.426. The zero-order valence-corrected chi connectivity index (χ0v) is 15.3. The van der Waals surface area contributed by atoms with Crippen LogP contribution in [-0.2, 0) is 9.84 Å². The van der Waals surface area contributed by atoms with Gasteiger partial charge >= 0.3 is 0 Å². The minimum atomic E-state index is -3.14. The molecule has 0 unspecified atom stereocenters. The molecule has 1 fully saturated rings. The summed E-state index contributed by atoms with van der Waals surface area (Å²) in [5, 5.41) is 3.76. The topological polar surface area (TPSA) is 46.2 Å². The molecule has 0 amide bonds. The minimum Gasteiger partial charge on any atom is -0.303 e. The SMILES string of the molecule is Cc1ccccc1[C@H](N[C@@H](C)c1ccc(S(C)(=O)=O)cc1)C1CC1. The molecule has 2 atom stereocenters. The predicted octanol–water partition coefficient (Wildman–Crippen LogP) is 4.20. The maximum atomic E-state index is 11.6. The van der Waals surface area contributed by atoms with Crippen molar-refractivity contribution in [3.63, 3.8) is 0 Å². The van der Waals surface area contributed by atoms with E-state index < -0.39 is 9.84 Å². The Bertz CT molecular complexity index is 808. The molecule has 3 rings (SSSR count). The second-order valence-corrected chi connectivity index (χ2v) is 8.92. The lowest BCUT2D eigenvalue weighted by Gasteiger charge is -2.25. The molecular weight excluding hydrogens is 318 g/mol. The number of rotatable bonds is 6. The van der Waals surface area contributed by atoms with Crippen molar-refractivity contribution in [1.29, 1.82) is 0 Å². The Morgan fingerprint density at radius 1 is 1.04 bits per heavy atom. The molecule has 4 heteroatoms. The van der Waals surface area contributed by atoms with Gasteiger partial charge in [0.05, 0.1) is 4.90 Å². The van der Waals surface area contributed by atoms with Crippen LogP contribution in [-0.4, -0.2) is 14.7 Å². The standard InChI is InChI=1S/C20H25NO2S/c1-14-6-4-5-7-19(14)20(17-8-9-17)21-15(2)16-10-12-18(13-11-16)24(3,22)23/h4-7,10-13,15,17,20-21H,8-9H2,1-3H3/t15-,20+/m0/s1. The zero-order valence-electron chi connectivity index (χ0n) is 14.5. The summed E-state index contributed by atoms with van der Waals surface area (Å²) in [7, 11) is -3.14. The minimum absolute atomic E-state index is 0.170. The van der Waals surface area contributed by atoms with Gasteiger partial charge in [-0.15, -0.1) is 0 Å². The van der Waals surface area contributed by atoms with Crippen molar-refractivity contribution in [2.75, 3.05) is 6.26 Å². The summed E-state index contributed by atoms with van der Waals surface area (Å²) in [6.45, 7) is 4.31. The zero-order chi connectivity index (χ0) is 17.3. The van der Waals surface area contributed by atoms with E-state index in [2.05, 4.69) is 43.4 Å². The van der Waals surface area contributed by atoms with Crippen LogP contribution >= 0.6 is 0 Å². The first-order valence-electron chi connectivity index (χ1n) is 8.48. The molecule has 2 aromatic rings. The molecule has 0 aromatic heterocycles. The molecular formula is C20H25NO2S. The molecule has 0 aliphatic heterocycles. The Labute approximate surface area is 145 Å². The molecule has 0 saturated heterocycles. The van der Waals surface area contributed by atoms with E-state index in [1.54, 1.807) is 12.1 Å². The van der Waals surface area contributed by atoms with Crippen molar-refractivity contribution in [3.8, 4) is 0 Å². The lowest BCUT2D eigenvalue weighted by atomic mass is 9.96. The summed E-state index contributed by atoms with van der Waals surface area (Å²) in [5.41, 5.74) is 3.81. The van der Waals surface area contributed by atoms with Gasteiger partial charge in [0, 0.05) is 18.3 Å². The Hall–Kier alpha value is -1.65. The Balaban J connectivity index is 1.79. The van der Waals surface area contributed by atoms with Crippen LogP contribution in [0.2, 0.25) is 0 Å². The summed E-state index contributed by atoms with van der Waals surface area (Å²) in [4.78, 5) is 0.371. The van der Waals surface area contributed by atoms with Crippen LogP contribution in [0.3, 0.4) is 0 Å². The molecule has 128 valence electrons. The van der Waals surface area contributed by atoms with Gasteiger partial charge in [-0.1, -0.05) is 36.4 Å². The van der Waals surface area contributed by atoms with Gasteiger partial charge in [-0.05, 0) is 61.4 Å². The Morgan fingerprint density at radius 3 is 2.21 bits per heavy atom. The van der Waals surface area contributed by atoms with Crippen LogP contribution in [0.5, 0.6) is 0 Å². The summed E-state index contributed by atoms with van der Waals surface area (Å²) in [6, 6.07) is 16.3. The van der Waals surface area contributed by atoms with E-state index in [1.165, 1.54) is 30.2 Å². The van der Waals surface area contributed by atoms with Crippen LogP contribution in [0, 0.1) is 12.8 Å². The number of benzene rings is 2. The lowest BCUT2D eigenvalue weighted by Crippen LogP contribution is -2.26. The van der Waals surface area contributed by atoms with Crippen molar-refractivity contribution in [1.82, 2.24) is 5.32 Å². The summed E-state index contributed by atoms with van der Waals surface area (Å²) in [6.07, 6.45) is 3.78. The fraction of sp³-hybridized carbons (Fsp3) is 0.400. The molecule has 0 radical (unpaired) electrons. The van der Waals surface area contributed by atoms with Crippen LogP contribution in [0.4, 0.5) is 0 Å². The number of sulfone groups is 1.